The summed E-state index contributed by atoms with van der Waals surface area (Å²) in [5, 5.41) is 12.3. The highest BCUT2D eigenvalue weighted by molar-refractivity contribution is 8.01. The first-order valence-corrected chi connectivity index (χ1v) is 7.86. The van der Waals surface area contributed by atoms with Crippen LogP contribution in [0, 0.1) is 0 Å². The lowest BCUT2D eigenvalue weighted by atomic mass is 10.4. The van der Waals surface area contributed by atoms with Gasteiger partial charge < -0.3 is 10.6 Å². The van der Waals surface area contributed by atoms with Gasteiger partial charge in [-0.1, -0.05) is 23.1 Å². The van der Waals surface area contributed by atoms with Crippen LogP contribution < -0.4 is 5.73 Å². The summed E-state index contributed by atoms with van der Waals surface area (Å²) in [4.78, 5) is 13.7. The topological polar surface area (TPSA) is 89.9 Å². The van der Waals surface area contributed by atoms with Crippen molar-refractivity contribution in [1.29, 1.82) is 0 Å². The molecule has 0 bridgehead atoms. The number of hydrogen-bond acceptors (Lipinski definition) is 7. The fourth-order valence-corrected chi connectivity index (χ4v) is 3.08. The van der Waals surface area contributed by atoms with Crippen LogP contribution in [0.15, 0.2) is 16.6 Å². The van der Waals surface area contributed by atoms with E-state index < -0.39 is 0 Å². The summed E-state index contributed by atoms with van der Waals surface area (Å²) in [6.07, 6.45) is 1.91. The van der Waals surface area contributed by atoms with Gasteiger partial charge in [-0.3, -0.25) is 9.48 Å². The molecule has 1 amide bonds. The minimum Gasteiger partial charge on any atom is -0.374 e. The number of carbonyl (C=O) groups is 1. The highest BCUT2D eigenvalue weighted by atomic mass is 32.2. The quantitative estimate of drug-likeness (QED) is 0.803. The van der Waals surface area contributed by atoms with Gasteiger partial charge in [0.1, 0.15) is 0 Å². The van der Waals surface area contributed by atoms with E-state index in [-0.39, 0.29) is 5.91 Å². The molecular weight excluding hydrogens is 296 g/mol. The number of carbonyl (C=O) groups excluding carboxylic acids is 1. The number of nitrogen functional groups attached to an aromatic ring is 1. The van der Waals surface area contributed by atoms with Crippen molar-refractivity contribution in [2.45, 2.75) is 24.4 Å². The highest BCUT2D eigenvalue weighted by Crippen LogP contribution is 2.23. The summed E-state index contributed by atoms with van der Waals surface area (Å²) in [6, 6.07) is 1.92. The Labute approximate surface area is 125 Å². The van der Waals surface area contributed by atoms with Gasteiger partial charge in [0, 0.05) is 19.8 Å². The maximum absolute atomic E-state index is 12.0. The third-order valence-corrected chi connectivity index (χ3v) is 4.46. The molecule has 0 atom stereocenters. The van der Waals surface area contributed by atoms with Crippen LogP contribution in [0.5, 0.6) is 0 Å². The van der Waals surface area contributed by atoms with Crippen molar-refractivity contribution < 1.29 is 4.79 Å². The number of rotatable bonds is 6. The second-order valence-corrected chi connectivity index (χ2v) is 6.34. The van der Waals surface area contributed by atoms with E-state index in [9.17, 15) is 4.79 Å². The molecule has 0 aliphatic heterocycles. The first-order valence-electron chi connectivity index (χ1n) is 6.06. The van der Waals surface area contributed by atoms with Crippen LogP contribution in [0.1, 0.15) is 12.6 Å². The van der Waals surface area contributed by atoms with Crippen LogP contribution in [-0.4, -0.2) is 43.6 Å². The third kappa shape index (κ3) is 3.94. The van der Waals surface area contributed by atoms with Crippen LogP contribution >= 0.6 is 23.1 Å². The van der Waals surface area contributed by atoms with Crippen molar-refractivity contribution in [3.63, 3.8) is 0 Å². The minimum absolute atomic E-state index is 0.0230. The van der Waals surface area contributed by atoms with Gasteiger partial charge in [-0.05, 0) is 13.0 Å². The molecule has 0 aliphatic rings. The van der Waals surface area contributed by atoms with Crippen LogP contribution in [0.4, 0.5) is 5.13 Å². The van der Waals surface area contributed by atoms with Crippen molar-refractivity contribution >= 4 is 34.1 Å². The van der Waals surface area contributed by atoms with Crippen LogP contribution in [-0.2, 0) is 17.9 Å². The van der Waals surface area contributed by atoms with Crippen LogP contribution in [0.25, 0.3) is 0 Å². The predicted molar refractivity (Wildman–Crippen MR) is 79.4 cm³/mol. The maximum atomic E-state index is 12.0. The lowest BCUT2D eigenvalue weighted by molar-refractivity contribution is -0.127. The van der Waals surface area contributed by atoms with Gasteiger partial charge in [-0.15, -0.1) is 10.2 Å². The number of thioether (sulfide) groups is 1. The third-order valence-electron chi connectivity index (χ3n) is 2.59. The Balaban J connectivity index is 1.82. The zero-order chi connectivity index (χ0) is 14.5. The second kappa shape index (κ2) is 6.71. The summed E-state index contributed by atoms with van der Waals surface area (Å²) < 4.78 is 2.55. The van der Waals surface area contributed by atoms with E-state index >= 15 is 0 Å². The molecule has 2 aromatic heterocycles. The number of hydrogen-bond donors (Lipinski definition) is 1. The molecule has 2 aromatic rings. The molecule has 0 spiro atoms. The van der Waals surface area contributed by atoms with E-state index in [0.29, 0.717) is 21.8 Å². The molecule has 7 nitrogen and oxygen atoms in total. The average molecular weight is 312 g/mol. The molecule has 2 N–H and O–H groups in total. The van der Waals surface area contributed by atoms with Crippen LogP contribution in [0.2, 0.25) is 0 Å². The number of nitrogens with two attached hydrogens (primary N) is 1. The first kappa shape index (κ1) is 14.8. The minimum atomic E-state index is 0.0230. The van der Waals surface area contributed by atoms with Crippen molar-refractivity contribution in [3.05, 3.63) is 18.0 Å². The normalized spacial score (nSPS) is 10.7. The lowest BCUT2D eigenvalue weighted by Gasteiger charge is -2.14. The molecule has 20 heavy (non-hydrogen) atoms. The fourth-order valence-electron chi connectivity index (χ4n) is 1.51. The number of aromatic nitrogens is 4. The second-order valence-electron chi connectivity index (χ2n) is 4.11. The van der Waals surface area contributed by atoms with Crippen molar-refractivity contribution in [2.24, 2.45) is 0 Å². The Morgan fingerprint density at radius 3 is 2.95 bits per heavy atom. The molecule has 0 saturated carbocycles. The van der Waals surface area contributed by atoms with Gasteiger partial charge in [0.05, 0.1) is 18.0 Å². The summed E-state index contributed by atoms with van der Waals surface area (Å²) in [5.41, 5.74) is 6.37. The Morgan fingerprint density at radius 2 is 2.35 bits per heavy atom. The van der Waals surface area contributed by atoms with E-state index in [4.69, 9.17) is 5.73 Å². The number of nitrogens with zero attached hydrogens (tertiary/aromatic N) is 5. The maximum Gasteiger partial charge on any atom is 0.233 e. The van der Waals surface area contributed by atoms with Crippen molar-refractivity contribution in [3.8, 4) is 0 Å². The number of aryl methyl sites for hydroxylation is 1. The number of anilines is 1. The molecule has 0 aromatic carbocycles. The molecule has 9 heteroatoms. The smallest absolute Gasteiger partial charge is 0.233 e. The Kier molecular flexibility index (Phi) is 4.96. The van der Waals surface area contributed by atoms with E-state index in [0.717, 1.165) is 12.2 Å². The van der Waals surface area contributed by atoms with E-state index in [2.05, 4.69) is 15.3 Å². The van der Waals surface area contributed by atoms with Crippen molar-refractivity contribution in [2.75, 3.05) is 18.5 Å². The zero-order valence-electron chi connectivity index (χ0n) is 11.3. The van der Waals surface area contributed by atoms with Gasteiger partial charge in [-0.2, -0.15) is 5.10 Å². The van der Waals surface area contributed by atoms with E-state index in [1.165, 1.54) is 23.1 Å². The SMILES string of the molecule is CCn1ccc(CN(C)C(=O)CSc2nnc(N)s2)n1. The predicted octanol–water partition coefficient (Wildman–Crippen LogP) is 1.09. The Morgan fingerprint density at radius 1 is 1.55 bits per heavy atom. The largest absolute Gasteiger partial charge is 0.374 e. The molecule has 0 saturated heterocycles. The molecule has 2 heterocycles. The van der Waals surface area contributed by atoms with Gasteiger partial charge in [0.15, 0.2) is 4.34 Å². The molecule has 0 aliphatic carbocycles. The molecule has 0 radical (unpaired) electrons. The summed E-state index contributed by atoms with van der Waals surface area (Å²) in [7, 11) is 1.77. The summed E-state index contributed by atoms with van der Waals surface area (Å²) in [5.74, 6) is 0.342. The van der Waals surface area contributed by atoms with Gasteiger partial charge in [-0.25, -0.2) is 0 Å². The van der Waals surface area contributed by atoms with Crippen molar-refractivity contribution in [1.82, 2.24) is 24.9 Å². The van der Waals surface area contributed by atoms with Gasteiger partial charge >= 0.3 is 0 Å². The Bertz CT molecular complexity index is 581. The van der Waals surface area contributed by atoms with Gasteiger partial charge in [0.2, 0.25) is 11.0 Å². The highest BCUT2D eigenvalue weighted by Gasteiger charge is 2.12. The zero-order valence-corrected chi connectivity index (χ0v) is 12.9. The standard InChI is InChI=1S/C11H16N6OS2/c1-3-17-5-4-8(15-17)6-16(2)9(18)7-19-11-14-13-10(12)20-11/h4-5H,3,6-7H2,1-2H3,(H2,12,13). The molecule has 0 fully saturated rings. The lowest BCUT2D eigenvalue weighted by Crippen LogP contribution is -2.28. The number of amides is 1. The van der Waals surface area contributed by atoms with Gasteiger partial charge in [0.25, 0.3) is 0 Å². The molecular formula is C11H16N6OS2. The molecule has 108 valence electrons. The average Bonchev–Trinajstić information content (AvgIpc) is 3.04. The molecule has 0 unspecified atom stereocenters. The van der Waals surface area contributed by atoms with E-state index in [1.54, 1.807) is 11.9 Å². The van der Waals surface area contributed by atoms with Crippen LogP contribution in [0.3, 0.4) is 0 Å². The monoisotopic (exact) mass is 312 g/mol. The molecule has 2 rings (SSSR count). The first-order chi connectivity index (χ1) is 9.58. The summed E-state index contributed by atoms with van der Waals surface area (Å²) in [6.45, 7) is 3.35. The Hall–Kier alpha value is -1.61. The summed E-state index contributed by atoms with van der Waals surface area (Å²) >= 11 is 2.63. The van der Waals surface area contributed by atoms with E-state index in [1.807, 2.05) is 23.9 Å². The fraction of sp³-hybridized carbons (Fsp3) is 0.455.